The topological polar surface area (TPSA) is 97.6 Å². The zero-order chi connectivity index (χ0) is 15.9. The fourth-order valence-corrected chi connectivity index (χ4v) is 3.02. The van der Waals surface area contributed by atoms with Gasteiger partial charge in [-0.15, -0.1) is 11.3 Å². The highest BCUT2D eigenvalue weighted by atomic mass is 32.1. The van der Waals surface area contributed by atoms with Gasteiger partial charge in [0.25, 0.3) is 5.91 Å². The van der Waals surface area contributed by atoms with Crippen LogP contribution in [0.1, 0.15) is 28.8 Å². The summed E-state index contributed by atoms with van der Waals surface area (Å²) in [6.45, 7) is 4.62. The second-order valence-corrected chi connectivity index (χ2v) is 5.98. The van der Waals surface area contributed by atoms with Crippen LogP contribution in [-0.4, -0.2) is 60.6 Å². The Kier molecular flexibility index (Phi) is 6.29. The van der Waals surface area contributed by atoms with Crippen molar-refractivity contribution in [2.24, 2.45) is 5.73 Å². The van der Waals surface area contributed by atoms with Crippen LogP contribution in [0.25, 0.3) is 0 Å². The van der Waals surface area contributed by atoms with Gasteiger partial charge in [0, 0.05) is 24.9 Å². The molecule has 1 atom stereocenters. The fraction of sp³-hybridized carbons (Fsp3) is 0.643. The van der Waals surface area contributed by atoms with Crippen LogP contribution < -0.4 is 11.1 Å². The molecule has 2 heterocycles. The van der Waals surface area contributed by atoms with Crippen LogP contribution >= 0.6 is 11.3 Å². The number of rotatable bonds is 6. The first-order chi connectivity index (χ1) is 10.7. The van der Waals surface area contributed by atoms with E-state index in [2.05, 4.69) is 10.3 Å². The van der Waals surface area contributed by atoms with Gasteiger partial charge < -0.3 is 20.7 Å². The summed E-state index contributed by atoms with van der Waals surface area (Å²) in [5.74, 6) is -0.371. The van der Waals surface area contributed by atoms with Gasteiger partial charge in [-0.1, -0.05) is 6.92 Å². The maximum atomic E-state index is 12.4. The molecule has 0 spiro atoms. The minimum Gasteiger partial charge on any atom is -0.378 e. The zero-order valence-electron chi connectivity index (χ0n) is 12.7. The third-order valence-electron chi connectivity index (χ3n) is 3.48. The summed E-state index contributed by atoms with van der Waals surface area (Å²) < 4.78 is 5.24. The SMILES string of the molecule is CCC(NC(=O)c1csc(CCN)n1)C(=O)N1CCOCC1. The van der Waals surface area contributed by atoms with Gasteiger partial charge in [0.05, 0.1) is 18.2 Å². The zero-order valence-corrected chi connectivity index (χ0v) is 13.5. The van der Waals surface area contributed by atoms with Crippen LogP contribution in [0, 0.1) is 0 Å². The van der Waals surface area contributed by atoms with Crippen molar-refractivity contribution in [1.29, 1.82) is 0 Å². The van der Waals surface area contributed by atoms with Crippen LogP contribution in [0.3, 0.4) is 0 Å². The molecule has 2 rings (SSSR count). The molecule has 1 aromatic rings. The second-order valence-electron chi connectivity index (χ2n) is 5.04. The molecule has 0 saturated carbocycles. The molecule has 3 N–H and O–H groups in total. The molecule has 1 aromatic heterocycles. The highest BCUT2D eigenvalue weighted by Gasteiger charge is 2.26. The number of morpholine rings is 1. The van der Waals surface area contributed by atoms with Crippen molar-refractivity contribution in [1.82, 2.24) is 15.2 Å². The standard InChI is InChI=1S/C14H22N4O3S/c1-2-10(14(20)18-5-7-21-8-6-18)17-13(19)11-9-22-12(16-11)3-4-15/h9-10H,2-8,15H2,1H3,(H,17,19). The van der Waals surface area contributed by atoms with Gasteiger partial charge in [-0.3, -0.25) is 9.59 Å². The van der Waals surface area contributed by atoms with Crippen molar-refractivity contribution >= 4 is 23.2 Å². The summed E-state index contributed by atoms with van der Waals surface area (Å²) in [6, 6.07) is -0.523. The molecule has 1 unspecified atom stereocenters. The summed E-state index contributed by atoms with van der Waals surface area (Å²) >= 11 is 1.41. The van der Waals surface area contributed by atoms with Gasteiger partial charge >= 0.3 is 0 Å². The summed E-state index contributed by atoms with van der Waals surface area (Å²) in [7, 11) is 0. The Balaban J connectivity index is 1.95. The molecule has 2 amide bonds. The summed E-state index contributed by atoms with van der Waals surface area (Å²) in [5, 5.41) is 5.31. The number of amides is 2. The normalized spacial score (nSPS) is 16.4. The highest BCUT2D eigenvalue weighted by molar-refractivity contribution is 7.09. The molecule has 22 heavy (non-hydrogen) atoms. The minimum atomic E-state index is -0.523. The predicted molar refractivity (Wildman–Crippen MR) is 83.8 cm³/mol. The van der Waals surface area contributed by atoms with Crippen LogP contribution in [0.2, 0.25) is 0 Å². The Labute approximate surface area is 133 Å². The third kappa shape index (κ3) is 4.25. The first-order valence-electron chi connectivity index (χ1n) is 7.47. The summed E-state index contributed by atoms with van der Waals surface area (Å²) in [4.78, 5) is 30.6. The lowest BCUT2D eigenvalue weighted by Crippen LogP contribution is -2.51. The number of ether oxygens (including phenoxy) is 1. The number of nitrogens with one attached hydrogen (secondary N) is 1. The number of nitrogens with two attached hydrogens (primary N) is 1. The van der Waals surface area contributed by atoms with Crippen molar-refractivity contribution < 1.29 is 14.3 Å². The highest BCUT2D eigenvalue weighted by Crippen LogP contribution is 2.11. The largest absolute Gasteiger partial charge is 0.378 e. The Bertz CT molecular complexity index is 514. The fourth-order valence-electron chi connectivity index (χ4n) is 2.23. The number of hydrogen-bond acceptors (Lipinski definition) is 6. The minimum absolute atomic E-state index is 0.0587. The van der Waals surface area contributed by atoms with Gasteiger partial charge in [-0.25, -0.2) is 4.98 Å². The summed E-state index contributed by atoms with van der Waals surface area (Å²) in [6.07, 6.45) is 1.20. The van der Waals surface area contributed by atoms with Crippen molar-refractivity contribution in [3.05, 3.63) is 16.1 Å². The van der Waals surface area contributed by atoms with Crippen LogP contribution in [0.15, 0.2) is 5.38 Å². The molecule has 1 aliphatic heterocycles. The number of aromatic nitrogens is 1. The lowest BCUT2D eigenvalue weighted by atomic mass is 10.2. The molecule has 0 aromatic carbocycles. The van der Waals surface area contributed by atoms with Crippen molar-refractivity contribution in [3.63, 3.8) is 0 Å². The van der Waals surface area contributed by atoms with Crippen molar-refractivity contribution in [2.45, 2.75) is 25.8 Å². The molecule has 1 saturated heterocycles. The van der Waals surface area contributed by atoms with Crippen molar-refractivity contribution in [3.8, 4) is 0 Å². The van der Waals surface area contributed by atoms with Gasteiger partial charge in [0.15, 0.2) is 0 Å². The van der Waals surface area contributed by atoms with Gasteiger partial charge in [0.1, 0.15) is 11.7 Å². The Hall–Kier alpha value is -1.51. The van der Waals surface area contributed by atoms with E-state index in [9.17, 15) is 9.59 Å². The van der Waals surface area contributed by atoms with Crippen LogP contribution in [0.5, 0.6) is 0 Å². The molecule has 122 valence electrons. The van der Waals surface area contributed by atoms with E-state index >= 15 is 0 Å². The van der Waals surface area contributed by atoms with E-state index in [0.29, 0.717) is 51.4 Å². The Morgan fingerprint density at radius 1 is 1.50 bits per heavy atom. The molecule has 7 nitrogen and oxygen atoms in total. The van der Waals surface area contributed by atoms with Crippen LogP contribution in [-0.2, 0) is 16.0 Å². The molecule has 1 aliphatic rings. The van der Waals surface area contributed by atoms with Crippen molar-refractivity contribution in [2.75, 3.05) is 32.8 Å². The molecular formula is C14H22N4O3S. The monoisotopic (exact) mass is 326 g/mol. The predicted octanol–water partition coefficient (Wildman–Crippen LogP) is 0.0115. The number of carbonyl (C=O) groups is 2. The molecular weight excluding hydrogens is 304 g/mol. The number of carbonyl (C=O) groups excluding carboxylic acids is 2. The molecule has 0 aliphatic carbocycles. The van der Waals surface area contributed by atoms with E-state index in [1.54, 1.807) is 10.3 Å². The quantitative estimate of drug-likeness (QED) is 0.767. The molecule has 0 bridgehead atoms. The Morgan fingerprint density at radius 3 is 2.86 bits per heavy atom. The van der Waals surface area contributed by atoms with E-state index in [0.717, 1.165) is 5.01 Å². The molecule has 8 heteroatoms. The van der Waals surface area contributed by atoms with Gasteiger partial charge in [0.2, 0.25) is 5.91 Å². The lowest BCUT2D eigenvalue weighted by Gasteiger charge is -2.30. The van der Waals surface area contributed by atoms with Crippen LogP contribution in [0.4, 0.5) is 0 Å². The van der Waals surface area contributed by atoms with E-state index in [1.807, 2.05) is 6.92 Å². The maximum Gasteiger partial charge on any atom is 0.271 e. The number of hydrogen-bond donors (Lipinski definition) is 2. The Morgan fingerprint density at radius 2 is 2.23 bits per heavy atom. The van der Waals surface area contributed by atoms with E-state index in [-0.39, 0.29) is 11.8 Å². The van der Waals surface area contributed by atoms with E-state index in [4.69, 9.17) is 10.5 Å². The second kappa shape index (κ2) is 8.21. The first-order valence-corrected chi connectivity index (χ1v) is 8.35. The maximum absolute atomic E-state index is 12.4. The first kappa shape index (κ1) is 16.9. The summed E-state index contributed by atoms with van der Waals surface area (Å²) in [5.41, 5.74) is 5.82. The third-order valence-corrected chi connectivity index (χ3v) is 4.39. The van der Waals surface area contributed by atoms with Gasteiger partial charge in [-0.2, -0.15) is 0 Å². The molecule has 1 fully saturated rings. The average Bonchev–Trinajstić information content (AvgIpc) is 3.02. The van der Waals surface area contributed by atoms with E-state index in [1.165, 1.54) is 11.3 Å². The lowest BCUT2D eigenvalue weighted by molar-refractivity contribution is -0.137. The molecule has 0 radical (unpaired) electrons. The number of thiazole rings is 1. The number of nitrogens with zero attached hydrogens (tertiary/aromatic N) is 2. The van der Waals surface area contributed by atoms with E-state index < -0.39 is 6.04 Å². The average molecular weight is 326 g/mol. The van der Waals surface area contributed by atoms with Gasteiger partial charge in [-0.05, 0) is 13.0 Å². The smallest absolute Gasteiger partial charge is 0.271 e.